The Bertz CT molecular complexity index is 552. The molecule has 0 aliphatic carbocycles. The molecule has 0 spiro atoms. The Morgan fingerprint density at radius 2 is 2.16 bits per heavy atom. The molecule has 1 aromatic rings. The molecule has 0 aromatic heterocycles. The van der Waals surface area contributed by atoms with Gasteiger partial charge in [0, 0.05) is 23.0 Å². The third-order valence-corrected chi connectivity index (χ3v) is 4.39. The largest absolute Gasteiger partial charge is 0.378 e. The number of nitrogens with two attached hydrogens (primary N) is 1. The average Bonchev–Trinajstić information content (AvgIpc) is 2.76. The topological polar surface area (TPSA) is 83.6 Å². The lowest BCUT2D eigenvalue weighted by molar-refractivity contribution is -0.134. The Morgan fingerprint density at radius 3 is 2.68 bits per heavy atom. The lowest BCUT2D eigenvalue weighted by Crippen LogP contribution is -2.46. The SMILES string of the molecule is NC(=O)[C@]1(O)CCN(C(=O)c2ccc(Br)c(Cl)c2)C1. The van der Waals surface area contributed by atoms with Gasteiger partial charge in [-0.05, 0) is 34.1 Å². The van der Waals surface area contributed by atoms with Crippen LogP contribution in [0.25, 0.3) is 0 Å². The summed E-state index contributed by atoms with van der Waals surface area (Å²) in [5, 5.41) is 10.4. The highest BCUT2D eigenvalue weighted by Crippen LogP contribution is 2.26. The van der Waals surface area contributed by atoms with E-state index in [2.05, 4.69) is 15.9 Å². The number of carbonyl (C=O) groups excluding carboxylic acids is 2. The molecule has 0 saturated carbocycles. The van der Waals surface area contributed by atoms with Crippen LogP contribution in [0.3, 0.4) is 0 Å². The number of rotatable bonds is 2. The number of amides is 2. The summed E-state index contributed by atoms with van der Waals surface area (Å²) >= 11 is 9.17. The summed E-state index contributed by atoms with van der Waals surface area (Å²) in [6.07, 6.45) is 0.151. The summed E-state index contributed by atoms with van der Waals surface area (Å²) in [6.45, 7) is 0.195. The van der Waals surface area contributed by atoms with E-state index in [9.17, 15) is 14.7 Å². The fraction of sp³-hybridized carbons (Fsp3) is 0.333. The fourth-order valence-electron chi connectivity index (χ4n) is 1.98. The molecule has 102 valence electrons. The molecule has 0 bridgehead atoms. The van der Waals surface area contributed by atoms with Crippen molar-refractivity contribution in [3.8, 4) is 0 Å². The normalized spacial score (nSPS) is 22.6. The molecular weight excluding hydrogens is 336 g/mol. The van der Waals surface area contributed by atoms with Gasteiger partial charge in [0.05, 0.1) is 11.6 Å². The van der Waals surface area contributed by atoms with Gasteiger partial charge in [-0.2, -0.15) is 0 Å². The van der Waals surface area contributed by atoms with E-state index < -0.39 is 11.5 Å². The van der Waals surface area contributed by atoms with Crippen LogP contribution in [0.15, 0.2) is 22.7 Å². The van der Waals surface area contributed by atoms with Gasteiger partial charge < -0.3 is 15.7 Å². The molecule has 7 heteroatoms. The third-order valence-electron chi connectivity index (χ3n) is 3.16. The summed E-state index contributed by atoms with van der Waals surface area (Å²) in [7, 11) is 0. The Balaban J connectivity index is 2.18. The van der Waals surface area contributed by atoms with Crippen molar-refractivity contribution in [2.45, 2.75) is 12.0 Å². The molecule has 1 fully saturated rings. The molecule has 0 radical (unpaired) electrons. The molecular formula is C12H12BrClN2O3. The van der Waals surface area contributed by atoms with Crippen LogP contribution in [0.2, 0.25) is 5.02 Å². The number of aliphatic hydroxyl groups is 1. The van der Waals surface area contributed by atoms with Gasteiger partial charge in [-0.1, -0.05) is 11.6 Å². The Morgan fingerprint density at radius 1 is 1.47 bits per heavy atom. The van der Waals surface area contributed by atoms with Crippen LogP contribution in [-0.4, -0.2) is 40.5 Å². The van der Waals surface area contributed by atoms with Crippen molar-refractivity contribution in [3.05, 3.63) is 33.3 Å². The predicted molar refractivity (Wildman–Crippen MR) is 73.8 cm³/mol. The van der Waals surface area contributed by atoms with Gasteiger partial charge >= 0.3 is 0 Å². The van der Waals surface area contributed by atoms with E-state index in [0.29, 0.717) is 15.1 Å². The van der Waals surface area contributed by atoms with Gasteiger partial charge in [0.2, 0.25) is 0 Å². The highest BCUT2D eigenvalue weighted by molar-refractivity contribution is 9.10. The zero-order valence-electron chi connectivity index (χ0n) is 9.90. The number of carbonyl (C=O) groups is 2. The van der Waals surface area contributed by atoms with Crippen LogP contribution >= 0.6 is 27.5 Å². The molecule has 0 unspecified atom stereocenters. The van der Waals surface area contributed by atoms with Crippen LogP contribution in [0.4, 0.5) is 0 Å². The fourth-order valence-corrected chi connectivity index (χ4v) is 2.41. The van der Waals surface area contributed by atoms with Crippen LogP contribution < -0.4 is 5.73 Å². The molecule has 19 heavy (non-hydrogen) atoms. The minimum Gasteiger partial charge on any atom is -0.378 e. The van der Waals surface area contributed by atoms with Gasteiger partial charge in [-0.15, -0.1) is 0 Å². The first kappa shape index (κ1) is 14.3. The summed E-state index contributed by atoms with van der Waals surface area (Å²) in [6, 6.07) is 4.83. The Labute approximate surface area is 123 Å². The quantitative estimate of drug-likeness (QED) is 0.842. The van der Waals surface area contributed by atoms with Gasteiger partial charge in [0.25, 0.3) is 11.8 Å². The molecule has 2 amide bonds. The second kappa shape index (κ2) is 5.11. The van der Waals surface area contributed by atoms with E-state index in [1.165, 1.54) is 11.0 Å². The van der Waals surface area contributed by atoms with E-state index in [1.807, 2.05) is 0 Å². The van der Waals surface area contributed by atoms with E-state index in [4.69, 9.17) is 17.3 Å². The number of halogens is 2. The lowest BCUT2D eigenvalue weighted by Gasteiger charge is -2.20. The standard InChI is InChI=1S/C12H12BrClN2O3/c13-8-2-1-7(5-9(8)14)10(17)16-4-3-12(19,6-16)11(15)18/h1-2,5,19H,3-4,6H2,(H2,15,18)/t12-/m0/s1. The molecule has 1 aromatic carbocycles. The lowest BCUT2D eigenvalue weighted by atomic mass is 10.0. The molecule has 5 nitrogen and oxygen atoms in total. The minimum atomic E-state index is -1.63. The van der Waals surface area contributed by atoms with Crippen molar-refractivity contribution in [2.75, 3.05) is 13.1 Å². The highest BCUT2D eigenvalue weighted by Gasteiger charge is 2.43. The van der Waals surface area contributed by atoms with E-state index >= 15 is 0 Å². The number of β-amino-alcohol motifs (C(OH)–C–C–N with tert-alkyl or cyclic N) is 1. The van der Waals surface area contributed by atoms with E-state index in [-0.39, 0.29) is 25.4 Å². The second-order valence-corrected chi connectivity index (χ2v) is 5.76. The monoisotopic (exact) mass is 346 g/mol. The maximum atomic E-state index is 12.2. The molecule has 1 saturated heterocycles. The zero-order valence-corrected chi connectivity index (χ0v) is 12.2. The summed E-state index contributed by atoms with van der Waals surface area (Å²) in [5.41, 5.74) is 3.90. The summed E-state index contributed by atoms with van der Waals surface area (Å²) < 4.78 is 0.695. The van der Waals surface area contributed by atoms with Crippen molar-refractivity contribution in [3.63, 3.8) is 0 Å². The van der Waals surface area contributed by atoms with Crippen LogP contribution in [0, 0.1) is 0 Å². The number of hydrogen-bond acceptors (Lipinski definition) is 3. The first-order valence-corrected chi connectivity index (χ1v) is 6.77. The molecule has 1 atom stereocenters. The first-order valence-electron chi connectivity index (χ1n) is 5.60. The zero-order chi connectivity index (χ0) is 14.2. The van der Waals surface area contributed by atoms with Gasteiger partial charge in [-0.25, -0.2) is 0 Å². The van der Waals surface area contributed by atoms with Gasteiger partial charge in [0.15, 0.2) is 5.60 Å². The van der Waals surface area contributed by atoms with Crippen molar-refractivity contribution in [2.24, 2.45) is 5.73 Å². The predicted octanol–water partition coefficient (Wildman–Crippen LogP) is 1.16. The number of hydrogen-bond donors (Lipinski definition) is 2. The Hall–Kier alpha value is -1.11. The highest BCUT2D eigenvalue weighted by atomic mass is 79.9. The number of benzene rings is 1. The number of nitrogens with zero attached hydrogens (tertiary/aromatic N) is 1. The molecule has 3 N–H and O–H groups in total. The van der Waals surface area contributed by atoms with Crippen molar-refractivity contribution in [1.82, 2.24) is 4.90 Å². The summed E-state index contributed by atoms with van der Waals surface area (Å²) in [4.78, 5) is 24.7. The third kappa shape index (κ3) is 2.75. The minimum absolute atomic E-state index is 0.0884. The first-order chi connectivity index (χ1) is 8.83. The second-order valence-electron chi connectivity index (χ2n) is 4.50. The average molecular weight is 348 g/mol. The smallest absolute Gasteiger partial charge is 0.254 e. The molecule has 1 aliphatic heterocycles. The Kier molecular flexibility index (Phi) is 3.85. The van der Waals surface area contributed by atoms with Gasteiger partial charge in [0.1, 0.15) is 0 Å². The van der Waals surface area contributed by atoms with Gasteiger partial charge in [-0.3, -0.25) is 9.59 Å². The van der Waals surface area contributed by atoms with Crippen LogP contribution in [0.5, 0.6) is 0 Å². The van der Waals surface area contributed by atoms with E-state index in [0.717, 1.165) is 0 Å². The maximum Gasteiger partial charge on any atom is 0.254 e. The van der Waals surface area contributed by atoms with Crippen LogP contribution in [-0.2, 0) is 4.79 Å². The number of primary amides is 1. The summed E-state index contributed by atoms with van der Waals surface area (Å²) in [5.74, 6) is -1.09. The van der Waals surface area contributed by atoms with Crippen molar-refractivity contribution >= 4 is 39.3 Å². The maximum absolute atomic E-state index is 12.2. The van der Waals surface area contributed by atoms with Crippen molar-refractivity contribution in [1.29, 1.82) is 0 Å². The molecule has 1 aliphatic rings. The van der Waals surface area contributed by atoms with Crippen LogP contribution in [0.1, 0.15) is 16.8 Å². The van der Waals surface area contributed by atoms with E-state index in [1.54, 1.807) is 12.1 Å². The molecule has 1 heterocycles. The number of likely N-dealkylation sites (tertiary alicyclic amines) is 1. The van der Waals surface area contributed by atoms with Crippen molar-refractivity contribution < 1.29 is 14.7 Å². The molecule has 2 rings (SSSR count).